The molecule has 0 spiro atoms. The zero-order chi connectivity index (χ0) is 24.3. The first-order valence-electron chi connectivity index (χ1n) is 11.8. The third kappa shape index (κ3) is 6.94. The number of para-hydroxylation sites is 1. The van der Waals surface area contributed by atoms with Gasteiger partial charge in [0, 0.05) is 23.6 Å². The van der Waals surface area contributed by atoms with Crippen LogP contribution in [0.2, 0.25) is 0 Å². The Morgan fingerprint density at radius 1 is 1.06 bits per heavy atom. The van der Waals surface area contributed by atoms with Gasteiger partial charge in [-0.15, -0.1) is 0 Å². The molecule has 0 saturated heterocycles. The number of unbranched alkanes of at least 4 members (excludes halogenated alkanes) is 1. The van der Waals surface area contributed by atoms with Crippen molar-refractivity contribution in [3.05, 3.63) is 71.9 Å². The van der Waals surface area contributed by atoms with Crippen molar-refractivity contribution >= 4 is 28.7 Å². The van der Waals surface area contributed by atoms with E-state index in [0.717, 1.165) is 34.9 Å². The number of benzene rings is 2. The Hall–Kier alpha value is -3.61. The van der Waals surface area contributed by atoms with Crippen molar-refractivity contribution in [1.29, 1.82) is 0 Å². The molecule has 2 aromatic carbocycles. The molecular weight excluding hydrogens is 430 g/mol. The normalized spacial score (nSPS) is 11.7. The lowest BCUT2D eigenvalue weighted by atomic mass is 10.1. The van der Waals surface area contributed by atoms with E-state index in [2.05, 4.69) is 10.3 Å². The van der Waals surface area contributed by atoms with Gasteiger partial charge in [-0.05, 0) is 30.0 Å². The van der Waals surface area contributed by atoms with Crippen LogP contribution in [0.5, 0.6) is 0 Å². The number of nitrogens with zero attached hydrogens (tertiary/aromatic N) is 1. The molecule has 0 aliphatic heterocycles. The fraction of sp³-hybridized carbons (Fsp3) is 0.370. The molecule has 3 rings (SSSR count). The number of hydrogen-bond donors (Lipinski definition) is 2. The van der Waals surface area contributed by atoms with E-state index in [1.54, 1.807) is 0 Å². The van der Waals surface area contributed by atoms with Gasteiger partial charge < -0.3 is 19.9 Å². The summed E-state index contributed by atoms with van der Waals surface area (Å²) in [6.45, 7) is 2.25. The van der Waals surface area contributed by atoms with Gasteiger partial charge >= 0.3 is 5.97 Å². The van der Waals surface area contributed by atoms with E-state index in [-0.39, 0.29) is 24.8 Å². The van der Waals surface area contributed by atoms with Crippen LogP contribution in [-0.2, 0) is 32.0 Å². The van der Waals surface area contributed by atoms with Crippen molar-refractivity contribution in [3.63, 3.8) is 0 Å². The Labute approximate surface area is 200 Å². The molecule has 1 heterocycles. The Balaban J connectivity index is 1.71. The van der Waals surface area contributed by atoms with Crippen molar-refractivity contribution in [2.45, 2.75) is 45.1 Å². The number of hydrogen-bond acceptors (Lipinski definition) is 4. The van der Waals surface area contributed by atoms with Crippen LogP contribution in [0.15, 0.2) is 60.8 Å². The van der Waals surface area contributed by atoms with Crippen LogP contribution in [0.4, 0.5) is 0 Å². The summed E-state index contributed by atoms with van der Waals surface area (Å²) in [5.41, 5.74) is 2.91. The lowest BCUT2D eigenvalue weighted by molar-refractivity contribution is -0.148. The summed E-state index contributed by atoms with van der Waals surface area (Å²) < 4.78 is 4.81. The molecule has 3 aromatic rings. The van der Waals surface area contributed by atoms with Crippen LogP contribution >= 0.6 is 0 Å². The predicted molar refractivity (Wildman–Crippen MR) is 132 cm³/mol. The molecule has 34 heavy (non-hydrogen) atoms. The number of methoxy groups -OCH3 is 1. The first kappa shape index (κ1) is 25.0. The van der Waals surface area contributed by atoms with Crippen molar-refractivity contribution in [2.75, 3.05) is 20.2 Å². The van der Waals surface area contributed by atoms with Crippen molar-refractivity contribution in [3.8, 4) is 0 Å². The van der Waals surface area contributed by atoms with Gasteiger partial charge in [0.15, 0.2) is 0 Å². The number of aromatic nitrogens is 1. The number of carbonyl (C=O) groups excluding carboxylic acids is 3. The van der Waals surface area contributed by atoms with Gasteiger partial charge in [0.2, 0.25) is 11.8 Å². The van der Waals surface area contributed by atoms with Gasteiger partial charge in [-0.1, -0.05) is 68.3 Å². The van der Waals surface area contributed by atoms with Gasteiger partial charge in [0.25, 0.3) is 0 Å². The summed E-state index contributed by atoms with van der Waals surface area (Å²) in [6, 6.07) is 16.9. The predicted octanol–water partition coefficient (Wildman–Crippen LogP) is 3.63. The molecule has 0 radical (unpaired) electrons. The summed E-state index contributed by atoms with van der Waals surface area (Å²) in [5.74, 6) is -0.969. The number of rotatable bonds is 12. The second-order valence-electron chi connectivity index (χ2n) is 8.37. The minimum Gasteiger partial charge on any atom is -0.468 e. The average molecular weight is 464 g/mol. The first-order valence-corrected chi connectivity index (χ1v) is 11.8. The van der Waals surface area contributed by atoms with E-state index < -0.39 is 12.0 Å². The van der Waals surface area contributed by atoms with Crippen LogP contribution < -0.4 is 5.32 Å². The first-order chi connectivity index (χ1) is 16.5. The topological polar surface area (TPSA) is 91.5 Å². The molecule has 180 valence electrons. The third-order valence-corrected chi connectivity index (χ3v) is 5.88. The van der Waals surface area contributed by atoms with Crippen LogP contribution in [0.1, 0.15) is 37.3 Å². The zero-order valence-electron chi connectivity index (χ0n) is 19.9. The maximum atomic E-state index is 13.5. The number of nitrogens with one attached hydrogen (secondary N) is 2. The van der Waals surface area contributed by atoms with E-state index in [9.17, 15) is 14.4 Å². The van der Waals surface area contributed by atoms with Gasteiger partial charge in [0.1, 0.15) is 12.6 Å². The number of amides is 2. The average Bonchev–Trinajstić information content (AvgIpc) is 3.27. The molecule has 1 atom stereocenters. The summed E-state index contributed by atoms with van der Waals surface area (Å²) in [7, 11) is 1.31. The number of ether oxygens (including phenoxy) is 1. The van der Waals surface area contributed by atoms with E-state index in [4.69, 9.17) is 4.74 Å². The highest BCUT2D eigenvalue weighted by Gasteiger charge is 2.27. The molecule has 0 aliphatic rings. The van der Waals surface area contributed by atoms with Crippen molar-refractivity contribution in [2.24, 2.45) is 0 Å². The fourth-order valence-electron chi connectivity index (χ4n) is 3.98. The summed E-state index contributed by atoms with van der Waals surface area (Å²) in [4.78, 5) is 43.1. The van der Waals surface area contributed by atoms with E-state index >= 15 is 0 Å². The summed E-state index contributed by atoms with van der Waals surface area (Å²) in [5, 5.41) is 3.92. The van der Waals surface area contributed by atoms with Crippen LogP contribution in [0.25, 0.3) is 10.9 Å². The second-order valence-corrected chi connectivity index (χ2v) is 8.37. The minimum atomic E-state index is -0.696. The lowest BCUT2D eigenvalue weighted by Gasteiger charge is -2.27. The standard InChI is InChI=1S/C27H33N3O4/c1-3-4-13-24(29-25(31)17-21-18-28-23-14-9-8-12-22(21)23)27(33)30(19-26(32)34-2)16-15-20-10-6-5-7-11-20/h5-12,14,18,24,28H,3-4,13,15-17,19H2,1-2H3,(H,29,31)/t24-/m0/s1. The number of aromatic amines is 1. The monoisotopic (exact) mass is 463 g/mol. The highest BCUT2D eigenvalue weighted by atomic mass is 16.5. The summed E-state index contributed by atoms with van der Waals surface area (Å²) >= 11 is 0. The zero-order valence-corrected chi connectivity index (χ0v) is 19.9. The van der Waals surface area contributed by atoms with Gasteiger partial charge in [-0.25, -0.2) is 0 Å². The third-order valence-electron chi connectivity index (χ3n) is 5.88. The minimum absolute atomic E-state index is 0.150. The van der Waals surface area contributed by atoms with Gasteiger partial charge in [-0.3, -0.25) is 14.4 Å². The molecular formula is C27H33N3O4. The molecule has 2 amide bonds. The number of fused-ring (bicyclic) bond motifs is 1. The second kappa shape index (κ2) is 12.6. The Morgan fingerprint density at radius 2 is 1.79 bits per heavy atom. The Bertz CT molecular complexity index is 1090. The van der Waals surface area contributed by atoms with Crippen LogP contribution in [0.3, 0.4) is 0 Å². The smallest absolute Gasteiger partial charge is 0.325 e. The largest absolute Gasteiger partial charge is 0.468 e. The summed E-state index contributed by atoms with van der Waals surface area (Å²) in [6.07, 6.45) is 4.79. The molecule has 7 heteroatoms. The maximum Gasteiger partial charge on any atom is 0.325 e. The van der Waals surface area contributed by atoms with E-state index in [1.807, 2.05) is 67.7 Å². The highest BCUT2D eigenvalue weighted by molar-refractivity contribution is 5.92. The molecule has 1 aromatic heterocycles. The van der Waals surface area contributed by atoms with E-state index in [0.29, 0.717) is 19.4 Å². The van der Waals surface area contributed by atoms with Crippen molar-refractivity contribution < 1.29 is 19.1 Å². The Kier molecular flexibility index (Phi) is 9.26. The molecule has 0 bridgehead atoms. The van der Waals surface area contributed by atoms with Crippen LogP contribution in [0, 0.1) is 0 Å². The molecule has 0 aliphatic carbocycles. The number of carbonyl (C=O) groups is 3. The highest BCUT2D eigenvalue weighted by Crippen LogP contribution is 2.18. The number of H-pyrrole nitrogens is 1. The lowest BCUT2D eigenvalue weighted by Crippen LogP contribution is -2.50. The molecule has 0 unspecified atom stereocenters. The molecule has 0 saturated carbocycles. The van der Waals surface area contributed by atoms with Crippen molar-refractivity contribution in [1.82, 2.24) is 15.2 Å². The maximum absolute atomic E-state index is 13.5. The van der Waals surface area contributed by atoms with Gasteiger partial charge in [0.05, 0.1) is 13.5 Å². The molecule has 0 fully saturated rings. The molecule has 7 nitrogen and oxygen atoms in total. The quantitative estimate of drug-likeness (QED) is 0.401. The Morgan fingerprint density at radius 3 is 2.53 bits per heavy atom. The SMILES string of the molecule is CCCC[C@H](NC(=O)Cc1c[nH]c2ccccc12)C(=O)N(CCc1ccccc1)CC(=O)OC. The fourth-order valence-corrected chi connectivity index (χ4v) is 3.98. The van der Waals surface area contributed by atoms with Gasteiger partial charge in [-0.2, -0.15) is 0 Å². The van der Waals surface area contributed by atoms with E-state index in [1.165, 1.54) is 12.0 Å². The number of esters is 1. The molecule has 2 N–H and O–H groups in total. The van der Waals surface area contributed by atoms with Crippen LogP contribution in [-0.4, -0.2) is 53.9 Å².